The lowest BCUT2D eigenvalue weighted by Crippen LogP contribution is -2.40. The van der Waals surface area contributed by atoms with Gasteiger partial charge >= 0.3 is 5.97 Å². The Labute approximate surface area is 179 Å². The fraction of sp³-hybridized carbons (Fsp3) is 0.217. The number of nitro groups is 1. The third kappa shape index (κ3) is 4.83. The summed E-state index contributed by atoms with van der Waals surface area (Å²) in [6, 6.07) is 15.2. The number of carbonyl (C=O) groups is 1. The molecule has 7 heteroatoms. The molecule has 0 amide bonds. The van der Waals surface area contributed by atoms with Crippen molar-refractivity contribution in [1.29, 1.82) is 0 Å². The summed E-state index contributed by atoms with van der Waals surface area (Å²) in [5.74, 6) is -1.46. The Bertz CT molecular complexity index is 1040. The van der Waals surface area contributed by atoms with E-state index in [1.807, 2.05) is 36.4 Å². The van der Waals surface area contributed by atoms with E-state index in [4.69, 9.17) is 16.3 Å². The van der Waals surface area contributed by atoms with E-state index in [1.54, 1.807) is 44.2 Å². The first-order valence-corrected chi connectivity index (χ1v) is 9.80. The predicted octanol–water partition coefficient (Wildman–Crippen LogP) is 5.07. The Kier molecular flexibility index (Phi) is 6.79. The van der Waals surface area contributed by atoms with E-state index in [1.165, 1.54) is 0 Å². The van der Waals surface area contributed by atoms with Crippen LogP contribution in [0.5, 0.6) is 0 Å². The minimum Gasteiger partial charge on any atom is -0.458 e. The summed E-state index contributed by atoms with van der Waals surface area (Å²) in [6.45, 7) is 3.30. The zero-order chi connectivity index (χ0) is 21.7. The molecule has 6 nitrogen and oxygen atoms in total. The van der Waals surface area contributed by atoms with Gasteiger partial charge in [-0.15, -0.1) is 0 Å². The summed E-state index contributed by atoms with van der Waals surface area (Å²) in [6.07, 6.45) is 3.56. The van der Waals surface area contributed by atoms with Crippen molar-refractivity contribution in [1.82, 2.24) is 0 Å². The average Bonchev–Trinajstić information content (AvgIpc) is 2.71. The molecule has 1 heterocycles. The van der Waals surface area contributed by atoms with E-state index < -0.39 is 22.9 Å². The number of esters is 1. The SMILES string of the molecule is CC1=NC(C)=C(C(=O)OCC=Cc2ccccc2)C(c2cccc(Cl)c2)C1[N+](=O)[O-]. The van der Waals surface area contributed by atoms with Crippen molar-refractivity contribution in [2.75, 3.05) is 6.61 Å². The summed E-state index contributed by atoms with van der Waals surface area (Å²) in [7, 11) is 0. The number of halogens is 1. The molecule has 0 N–H and O–H groups in total. The van der Waals surface area contributed by atoms with Crippen molar-refractivity contribution in [3.05, 3.63) is 98.2 Å². The molecule has 0 bridgehead atoms. The van der Waals surface area contributed by atoms with Crippen LogP contribution in [-0.4, -0.2) is 29.3 Å². The second-order valence-electron chi connectivity index (χ2n) is 6.93. The highest BCUT2D eigenvalue weighted by molar-refractivity contribution is 6.30. The topological polar surface area (TPSA) is 81.8 Å². The highest BCUT2D eigenvalue weighted by Crippen LogP contribution is 2.37. The molecule has 1 aliphatic heterocycles. The first-order valence-electron chi connectivity index (χ1n) is 9.42. The van der Waals surface area contributed by atoms with Gasteiger partial charge in [0.15, 0.2) is 0 Å². The van der Waals surface area contributed by atoms with E-state index in [-0.39, 0.29) is 12.2 Å². The standard InChI is InChI=1S/C23H21ClN2O4/c1-15-20(23(27)30-13-7-10-17-8-4-3-5-9-17)21(18-11-6-12-19(24)14-18)22(26(28)29)16(2)25-15/h3-12,14,21-22H,13H2,1-2H3. The van der Waals surface area contributed by atoms with Crippen molar-refractivity contribution in [2.45, 2.75) is 25.8 Å². The van der Waals surface area contributed by atoms with Gasteiger partial charge in [0.1, 0.15) is 6.61 Å². The molecule has 0 aromatic heterocycles. The van der Waals surface area contributed by atoms with Crippen LogP contribution in [-0.2, 0) is 9.53 Å². The maximum atomic E-state index is 12.9. The monoisotopic (exact) mass is 424 g/mol. The quantitative estimate of drug-likeness (QED) is 0.368. The van der Waals surface area contributed by atoms with Crippen LogP contribution in [0.2, 0.25) is 5.02 Å². The first kappa shape index (κ1) is 21.5. The molecule has 154 valence electrons. The maximum absolute atomic E-state index is 12.9. The zero-order valence-corrected chi connectivity index (χ0v) is 17.4. The number of hydrogen-bond acceptors (Lipinski definition) is 5. The lowest BCUT2D eigenvalue weighted by atomic mass is 9.80. The van der Waals surface area contributed by atoms with E-state index in [9.17, 15) is 14.9 Å². The van der Waals surface area contributed by atoms with Gasteiger partial charge in [-0.05, 0) is 43.2 Å². The smallest absolute Gasteiger partial charge is 0.337 e. The Morgan fingerprint density at radius 3 is 2.60 bits per heavy atom. The number of nitrogens with zero attached hydrogens (tertiary/aromatic N) is 2. The summed E-state index contributed by atoms with van der Waals surface area (Å²) >= 11 is 6.11. The predicted molar refractivity (Wildman–Crippen MR) is 117 cm³/mol. The van der Waals surface area contributed by atoms with Crippen molar-refractivity contribution in [3.8, 4) is 0 Å². The van der Waals surface area contributed by atoms with Crippen molar-refractivity contribution in [2.24, 2.45) is 4.99 Å². The number of ether oxygens (including phenoxy) is 1. The van der Waals surface area contributed by atoms with Gasteiger partial charge in [-0.3, -0.25) is 15.1 Å². The van der Waals surface area contributed by atoms with Crippen molar-refractivity contribution in [3.63, 3.8) is 0 Å². The highest BCUT2D eigenvalue weighted by atomic mass is 35.5. The molecule has 3 rings (SSSR count). The molecular formula is C23H21ClN2O4. The van der Waals surface area contributed by atoms with Crippen molar-refractivity contribution < 1.29 is 14.5 Å². The second kappa shape index (κ2) is 9.50. The third-order valence-corrected chi connectivity index (χ3v) is 5.10. The molecule has 2 aromatic carbocycles. The summed E-state index contributed by atoms with van der Waals surface area (Å²) < 4.78 is 5.41. The Balaban J connectivity index is 1.88. The van der Waals surface area contributed by atoms with Gasteiger partial charge in [0.2, 0.25) is 0 Å². The van der Waals surface area contributed by atoms with Gasteiger partial charge in [0, 0.05) is 15.6 Å². The van der Waals surface area contributed by atoms with Gasteiger partial charge in [-0.1, -0.05) is 60.1 Å². The molecule has 0 radical (unpaired) electrons. The van der Waals surface area contributed by atoms with Crippen LogP contribution in [0.1, 0.15) is 30.9 Å². The van der Waals surface area contributed by atoms with Crippen LogP contribution in [0.15, 0.2) is 76.9 Å². The molecule has 0 saturated heterocycles. The molecule has 0 fully saturated rings. The maximum Gasteiger partial charge on any atom is 0.337 e. The lowest BCUT2D eigenvalue weighted by Gasteiger charge is -2.27. The largest absolute Gasteiger partial charge is 0.458 e. The van der Waals surface area contributed by atoms with Gasteiger partial charge in [-0.25, -0.2) is 4.79 Å². The summed E-state index contributed by atoms with van der Waals surface area (Å²) in [5.41, 5.74) is 2.48. The fourth-order valence-corrected chi connectivity index (χ4v) is 3.76. The zero-order valence-electron chi connectivity index (χ0n) is 16.6. The number of aliphatic imine (C=N–C) groups is 1. The van der Waals surface area contributed by atoms with Gasteiger partial charge in [-0.2, -0.15) is 0 Å². The van der Waals surface area contributed by atoms with E-state index >= 15 is 0 Å². The Morgan fingerprint density at radius 1 is 1.20 bits per heavy atom. The number of benzene rings is 2. The molecule has 0 spiro atoms. The fourth-order valence-electron chi connectivity index (χ4n) is 3.56. The number of allylic oxidation sites excluding steroid dienone is 1. The molecule has 30 heavy (non-hydrogen) atoms. The van der Waals surface area contributed by atoms with Crippen molar-refractivity contribution >= 4 is 29.4 Å². The van der Waals surface area contributed by atoms with E-state index in [0.717, 1.165) is 5.56 Å². The van der Waals surface area contributed by atoms with Crippen LogP contribution < -0.4 is 0 Å². The molecule has 2 atom stereocenters. The lowest BCUT2D eigenvalue weighted by molar-refractivity contribution is -0.505. The third-order valence-electron chi connectivity index (χ3n) is 4.86. The molecule has 2 aromatic rings. The summed E-state index contributed by atoms with van der Waals surface area (Å²) in [5, 5.41) is 12.3. The molecule has 1 aliphatic rings. The van der Waals surface area contributed by atoms with Crippen LogP contribution in [0.4, 0.5) is 0 Å². The summed E-state index contributed by atoms with van der Waals surface area (Å²) in [4.78, 5) is 28.6. The normalized spacial score (nSPS) is 19.0. The average molecular weight is 425 g/mol. The van der Waals surface area contributed by atoms with E-state index in [2.05, 4.69) is 4.99 Å². The Hall–Kier alpha value is -3.25. The van der Waals surface area contributed by atoms with Crippen LogP contribution in [0.25, 0.3) is 6.08 Å². The van der Waals surface area contributed by atoms with Crippen LogP contribution in [0, 0.1) is 10.1 Å². The minimum absolute atomic E-state index is 0.0403. The molecular weight excluding hydrogens is 404 g/mol. The number of rotatable bonds is 6. The second-order valence-corrected chi connectivity index (χ2v) is 7.36. The Morgan fingerprint density at radius 2 is 1.93 bits per heavy atom. The minimum atomic E-state index is -1.17. The van der Waals surface area contributed by atoms with Gasteiger partial charge < -0.3 is 4.74 Å². The van der Waals surface area contributed by atoms with Crippen LogP contribution >= 0.6 is 11.6 Å². The van der Waals surface area contributed by atoms with Gasteiger partial charge in [0.25, 0.3) is 6.04 Å². The van der Waals surface area contributed by atoms with Crippen LogP contribution in [0.3, 0.4) is 0 Å². The molecule has 0 aliphatic carbocycles. The molecule has 2 unspecified atom stereocenters. The number of hydrogen-bond donors (Lipinski definition) is 0. The van der Waals surface area contributed by atoms with Gasteiger partial charge in [0.05, 0.1) is 17.2 Å². The number of carbonyl (C=O) groups excluding carboxylic acids is 1. The van der Waals surface area contributed by atoms with E-state index in [0.29, 0.717) is 22.0 Å². The highest BCUT2D eigenvalue weighted by Gasteiger charge is 2.44. The molecule has 0 saturated carbocycles. The first-order chi connectivity index (χ1) is 14.4.